The Labute approximate surface area is 282 Å². The molecular formula is C41H46F3NO3. The second-order valence-electron chi connectivity index (χ2n) is 11.9. The lowest BCUT2D eigenvalue weighted by atomic mass is 9.90. The summed E-state index contributed by atoms with van der Waals surface area (Å²) in [5.41, 5.74) is 2.99. The van der Waals surface area contributed by atoms with Crippen LogP contribution in [-0.4, -0.2) is 38.1 Å². The third-order valence-electron chi connectivity index (χ3n) is 8.46. The molecule has 0 radical (unpaired) electrons. The van der Waals surface area contributed by atoms with E-state index in [0.717, 1.165) is 47.8 Å². The zero-order valence-corrected chi connectivity index (χ0v) is 28.4. The quantitative estimate of drug-likeness (QED) is 0.119. The van der Waals surface area contributed by atoms with Crippen LogP contribution in [0.3, 0.4) is 0 Å². The van der Waals surface area contributed by atoms with Crippen molar-refractivity contribution in [1.29, 1.82) is 0 Å². The van der Waals surface area contributed by atoms with E-state index in [9.17, 15) is 22.8 Å². The summed E-state index contributed by atoms with van der Waals surface area (Å²) >= 11 is 0. The van der Waals surface area contributed by atoms with Crippen molar-refractivity contribution in [3.05, 3.63) is 135 Å². The lowest BCUT2D eigenvalue weighted by Crippen LogP contribution is -2.33. The van der Waals surface area contributed by atoms with Gasteiger partial charge in [-0.1, -0.05) is 106 Å². The Bertz CT molecular complexity index is 1740. The molecule has 48 heavy (non-hydrogen) atoms. The van der Waals surface area contributed by atoms with Crippen molar-refractivity contribution >= 4 is 29.4 Å². The topological polar surface area (TPSA) is 55.4 Å². The van der Waals surface area contributed by atoms with Crippen molar-refractivity contribution < 1.29 is 27.5 Å². The fourth-order valence-corrected chi connectivity index (χ4v) is 5.65. The number of nitrogens with one attached hydrogen (secondary N) is 1. The highest BCUT2D eigenvalue weighted by atomic mass is 19.4. The summed E-state index contributed by atoms with van der Waals surface area (Å²) in [5.74, 6) is 0.116. The molecule has 3 rings (SSSR count). The third kappa shape index (κ3) is 10.5. The van der Waals surface area contributed by atoms with E-state index >= 15 is 0 Å². The van der Waals surface area contributed by atoms with Gasteiger partial charge in [-0.05, 0) is 89.5 Å². The minimum atomic E-state index is -4.48. The number of benzene rings is 2. The SMILES string of the molecule is C=C1C=CC(c2ccc(C(=O)C(=C)CCC(C/C=C/C=c3/c(C)c(C(=O)NCCOC)cc/c3=C/C)CCC)cc2)=CC=C1C(F)(F)F. The normalized spacial score (nSPS) is 14.9. The highest BCUT2D eigenvalue weighted by Gasteiger charge is 2.34. The first kappa shape index (κ1) is 38.0. The molecule has 0 heterocycles. The molecule has 0 spiro atoms. The molecule has 2 aromatic rings. The molecule has 1 unspecified atom stereocenters. The summed E-state index contributed by atoms with van der Waals surface area (Å²) in [4.78, 5) is 25.9. The molecule has 4 nitrogen and oxygen atoms in total. The zero-order valence-electron chi connectivity index (χ0n) is 28.4. The number of allylic oxidation sites excluding steroid dienone is 10. The van der Waals surface area contributed by atoms with E-state index in [4.69, 9.17) is 4.74 Å². The predicted molar refractivity (Wildman–Crippen MR) is 191 cm³/mol. The number of methoxy groups -OCH3 is 1. The van der Waals surface area contributed by atoms with Crippen LogP contribution in [0.5, 0.6) is 0 Å². The molecule has 2 aromatic carbocycles. The van der Waals surface area contributed by atoms with Gasteiger partial charge < -0.3 is 10.1 Å². The van der Waals surface area contributed by atoms with E-state index in [0.29, 0.717) is 53.3 Å². The zero-order chi connectivity index (χ0) is 35.3. The van der Waals surface area contributed by atoms with Gasteiger partial charge in [0, 0.05) is 24.8 Å². The maximum absolute atomic E-state index is 13.3. The van der Waals surface area contributed by atoms with E-state index in [-0.39, 0.29) is 17.3 Å². The molecule has 0 saturated heterocycles. The van der Waals surface area contributed by atoms with Crippen molar-refractivity contribution in [3.63, 3.8) is 0 Å². The first-order valence-electron chi connectivity index (χ1n) is 16.3. The molecule has 1 aliphatic carbocycles. The minimum Gasteiger partial charge on any atom is -0.383 e. The van der Waals surface area contributed by atoms with E-state index in [1.165, 1.54) is 12.2 Å². The number of rotatable bonds is 15. The molecule has 1 atom stereocenters. The summed E-state index contributed by atoms with van der Waals surface area (Å²) in [5, 5.41) is 4.95. The highest BCUT2D eigenvalue weighted by molar-refractivity contribution is 6.08. The Morgan fingerprint density at radius 1 is 1.04 bits per heavy atom. The van der Waals surface area contributed by atoms with Crippen molar-refractivity contribution in [2.24, 2.45) is 5.92 Å². The van der Waals surface area contributed by atoms with Crippen LogP contribution in [0.2, 0.25) is 0 Å². The maximum Gasteiger partial charge on any atom is 0.416 e. The number of hydrogen-bond donors (Lipinski definition) is 1. The molecule has 254 valence electrons. The van der Waals surface area contributed by atoms with Crippen molar-refractivity contribution in [2.75, 3.05) is 20.3 Å². The number of halogens is 3. The second-order valence-corrected chi connectivity index (χ2v) is 11.9. The third-order valence-corrected chi connectivity index (χ3v) is 8.46. The average molecular weight is 658 g/mol. The predicted octanol–water partition coefficient (Wildman–Crippen LogP) is 8.53. The van der Waals surface area contributed by atoms with Gasteiger partial charge in [-0.25, -0.2) is 0 Å². The minimum absolute atomic E-state index is 0.100. The number of carbonyl (C=O) groups is 2. The smallest absolute Gasteiger partial charge is 0.383 e. The van der Waals surface area contributed by atoms with Gasteiger partial charge in [0.25, 0.3) is 5.91 Å². The summed E-state index contributed by atoms with van der Waals surface area (Å²) in [6, 6.07) is 10.7. The number of hydrogen-bond acceptors (Lipinski definition) is 3. The van der Waals surface area contributed by atoms with Crippen LogP contribution in [0, 0.1) is 12.8 Å². The highest BCUT2D eigenvalue weighted by Crippen LogP contribution is 2.34. The molecule has 1 N–H and O–H groups in total. The fourth-order valence-electron chi connectivity index (χ4n) is 5.65. The number of ketones is 1. The molecule has 0 aromatic heterocycles. The van der Waals surface area contributed by atoms with Gasteiger partial charge in [-0.3, -0.25) is 9.59 Å². The van der Waals surface area contributed by atoms with Crippen molar-refractivity contribution in [1.82, 2.24) is 5.32 Å². The van der Waals surface area contributed by atoms with Gasteiger partial charge in [0.15, 0.2) is 5.78 Å². The Morgan fingerprint density at radius 3 is 2.42 bits per heavy atom. The molecule has 7 heteroatoms. The second kappa shape index (κ2) is 18.2. The number of alkyl halides is 3. The van der Waals surface area contributed by atoms with E-state index in [2.05, 4.69) is 37.6 Å². The Kier molecular flexibility index (Phi) is 14.4. The largest absolute Gasteiger partial charge is 0.416 e. The summed E-state index contributed by atoms with van der Waals surface area (Å²) in [6.45, 7) is 14.6. The molecular weight excluding hydrogens is 611 g/mol. The standard InChI is InChI=1S/C41H46F3NO3/c1-7-11-31(12-9-10-13-36-30(5)37(24-22-32(36)8-2)40(47)45-26-27-48-6)16-14-29(4)39(46)35-20-18-34(19-21-35)33-17-15-28(3)38(25-23-33)41(42,43)44/h8-10,13,15,17-25,31H,3-4,7,11-12,14,16,26-27H2,1-2,5-6H3,(H,45,47)/b10-9+,32-8-,36-13-. The van der Waals surface area contributed by atoms with E-state index < -0.39 is 11.7 Å². The molecule has 1 aliphatic rings. The number of Topliss-reactive ketones (excluding diaryl/α,β-unsaturated/α-hetero) is 1. The van der Waals surface area contributed by atoms with Gasteiger partial charge in [0.1, 0.15) is 0 Å². The van der Waals surface area contributed by atoms with Crippen molar-refractivity contribution in [3.8, 4) is 0 Å². The van der Waals surface area contributed by atoms with Crippen LogP contribution >= 0.6 is 0 Å². The van der Waals surface area contributed by atoms with Gasteiger partial charge in [-0.15, -0.1) is 0 Å². The first-order chi connectivity index (χ1) is 22.9. The molecule has 0 aliphatic heterocycles. The number of amides is 1. The van der Waals surface area contributed by atoms with Gasteiger partial charge in [0.2, 0.25) is 0 Å². The molecule has 0 saturated carbocycles. The van der Waals surface area contributed by atoms with Crippen LogP contribution in [0.15, 0.2) is 103 Å². The van der Waals surface area contributed by atoms with Crippen LogP contribution in [0.4, 0.5) is 13.2 Å². The Hall–Kier alpha value is -4.49. The van der Waals surface area contributed by atoms with Crippen molar-refractivity contribution in [2.45, 2.75) is 59.1 Å². The molecule has 0 fully saturated rings. The molecule has 1 amide bonds. The average Bonchev–Trinajstić information content (AvgIpc) is 3.27. The van der Waals surface area contributed by atoms with Gasteiger partial charge in [-0.2, -0.15) is 13.2 Å². The fraction of sp³-hybridized carbons (Fsp3) is 0.317. The summed E-state index contributed by atoms with van der Waals surface area (Å²) < 4.78 is 44.8. The van der Waals surface area contributed by atoms with Crippen LogP contribution < -0.4 is 15.8 Å². The summed E-state index contributed by atoms with van der Waals surface area (Å²) in [6.07, 6.45) is 13.5. The number of carbonyl (C=O) groups excluding carboxylic acids is 2. The molecule has 0 bridgehead atoms. The van der Waals surface area contributed by atoms with E-state index in [1.807, 2.05) is 38.1 Å². The van der Waals surface area contributed by atoms with Crippen LogP contribution in [0.25, 0.3) is 17.7 Å². The van der Waals surface area contributed by atoms with Gasteiger partial charge in [0.05, 0.1) is 12.2 Å². The van der Waals surface area contributed by atoms with Gasteiger partial charge >= 0.3 is 6.18 Å². The van der Waals surface area contributed by atoms with Crippen LogP contribution in [-0.2, 0) is 4.74 Å². The lowest BCUT2D eigenvalue weighted by molar-refractivity contribution is -0.0889. The summed E-state index contributed by atoms with van der Waals surface area (Å²) in [7, 11) is 1.60. The van der Waals surface area contributed by atoms with E-state index in [1.54, 1.807) is 37.5 Å². The van der Waals surface area contributed by atoms with Crippen LogP contribution in [0.1, 0.15) is 77.8 Å². The maximum atomic E-state index is 13.3. The monoisotopic (exact) mass is 657 g/mol. The lowest BCUT2D eigenvalue weighted by Gasteiger charge is -2.15. The Balaban J connectivity index is 1.65. The number of ether oxygens (including phenoxy) is 1. The Morgan fingerprint density at radius 2 is 1.77 bits per heavy atom. The first-order valence-corrected chi connectivity index (χ1v) is 16.3.